The van der Waals surface area contributed by atoms with E-state index in [2.05, 4.69) is 0 Å². The molecule has 1 aromatic carbocycles. The Bertz CT molecular complexity index is 438. The molecule has 0 aliphatic carbocycles. The van der Waals surface area contributed by atoms with Crippen molar-refractivity contribution >= 4 is 5.78 Å². The van der Waals surface area contributed by atoms with Gasteiger partial charge in [-0.2, -0.15) is 0 Å². The number of benzene rings is 1. The molecule has 1 aliphatic rings. The summed E-state index contributed by atoms with van der Waals surface area (Å²) in [4.78, 5) is 11.7. The van der Waals surface area contributed by atoms with Gasteiger partial charge >= 0.3 is 0 Å². The Morgan fingerprint density at radius 1 is 1.33 bits per heavy atom. The Morgan fingerprint density at radius 3 is 2.80 bits per heavy atom. The number of ether oxygens (including phenoxy) is 1. The third-order valence-corrected chi connectivity index (χ3v) is 2.18. The van der Waals surface area contributed by atoms with E-state index in [1.807, 2.05) is 0 Å². The maximum Gasteiger partial charge on any atom is 0.195 e. The van der Waals surface area contributed by atoms with Crippen LogP contribution in [0.3, 0.4) is 0 Å². The van der Waals surface area contributed by atoms with Crippen molar-refractivity contribution < 1.29 is 18.3 Å². The van der Waals surface area contributed by atoms with Crippen LogP contribution in [0.4, 0.5) is 8.78 Å². The van der Waals surface area contributed by atoms with Gasteiger partial charge in [0.1, 0.15) is 11.6 Å². The predicted molar refractivity (Wildman–Crippen MR) is 49.3 cm³/mol. The normalized spacial score (nSPS) is 14.7. The second kappa shape index (κ2) is 3.81. The van der Waals surface area contributed by atoms with Gasteiger partial charge in [-0.15, -0.1) is 0 Å². The van der Waals surface area contributed by atoms with E-state index in [9.17, 15) is 13.6 Å². The average Bonchev–Trinajstić information content (AvgIpc) is 2.74. The lowest BCUT2D eigenvalue weighted by Crippen LogP contribution is -2.05. The highest BCUT2D eigenvalue weighted by atomic mass is 19.1. The minimum Gasteiger partial charge on any atom is -0.500 e. The standard InChI is InChI=1S/C11H8F2O2/c12-8-1-2-10(13)9(5-8)11(14)7-3-4-15-6-7/h1-2,5-6H,3-4H2. The van der Waals surface area contributed by atoms with Gasteiger partial charge in [0.2, 0.25) is 0 Å². The summed E-state index contributed by atoms with van der Waals surface area (Å²) >= 11 is 0. The summed E-state index contributed by atoms with van der Waals surface area (Å²) in [6.07, 6.45) is 1.74. The van der Waals surface area contributed by atoms with E-state index in [0.29, 0.717) is 18.6 Å². The maximum atomic E-state index is 13.2. The van der Waals surface area contributed by atoms with Crippen LogP contribution in [0, 0.1) is 11.6 Å². The molecule has 0 saturated carbocycles. The Hall–Kier alpha value is -1.71. The minimum atomic E-state index is -0.714. The Morgan fingerprint density at radius 2 is 2.13 bits per heavy atom. The highest BCUT2D eigenvalue weighted by Crippen LogP contribution is 2.19. The molecule has 0 radical (unpaired) electrons. The number of halogens is 2. The van der Waals surface area contributed by atoms with Crippen LogP contribution >= 0.6 is 0 Å². The molecule has 0 unspecified atom stereocenters. The minimum absolute atomic E-state index is 0.244. The van der Waals surface area contributed by atoms with Gasteiger partial charge < -0.3 is 4.74 Å². The summed E-state index contributed by atoms with van der Waals surface area (Å²) in [7, 11) is 0. The summed E-state index contributed by atoms with van der Waals surface area (Å²) < 4.78 is 30.9. The van der Waals surface area contributed by atoms with E-state index in [4.69, 9.17) is 4.74 Å². The van der Waals surface area contributed by atoms with Gasteiger partial charge in [0, 0.05) is 12.0 Å². The van der Waals surface area contributed by atoms with Crippen molar-refractivity contribution in [1.82, 2.24) is 0 Å². The molecule has 4 heteroatoms. The number of hydrogen-bond acceptors (Lipinski definition) is 2. The Balaban J connectivity index is 2.36. The molecular formula is C11H8F2O2. The number of Topliss-reactive ketones (excluding diaryl/α,β-unsaturated/α-hetero) is 1. The second-order valence-electron chi connectivity index (χ2n) is 3.22. The highest BCUT2D eigenvalue weighted by molar-refractivity contribution is 6.08. The van der Waals surface area contributed by atoms with Crippen LogP contribution in [0.1, 0.15) is 16.8 Å². The topological polar surface area (TPSA) is 26.3 Å². The molecule has 15 heavy (non-hydrogen) atoms. The van der Waals surface area contributed by atoms with Crippen LogP contribution in [-0.4, -0.2) is 12.4 Å². The molecule has 0 bridgehead atoms. The van der Waals surface area contributed by atoms with E-state index < -0.39 is 17.4 Å². The average molecular weight is 210 g/mol. The fourth-order valence-electron chi connectivity index (χ4n) is 1.40. The van der Waals surface area contributed by atoms with Crippen molar-refractivity contribution in [1.29, 1.82) is 0 Å². The van der Waals surface area contributed by atoms with Gasteiger partial charge in [0.05, 0.1) is 18.4 Å². The smallest absolute Gasteiger partial charge is 0.195 e. The molecule has 0 spiro atoms. The zero-order chi connectivity index (χ0) is 10.8. The molecule has 0 aromatic heterocycles. The van der Waals surface area contributed by atoms with E-state index in [0.717, 1.165) is 18.2 Å². The lowest BCUT2D eigenvalue weighted by atomic mass is 10.0. The van der Waals surface area contributed by atoms with Crippen molar-refractivity contribution in [3.63, 3.8) is 0 Å². The van der Waals surface area contributed by atoms with Gasteiger partial charge in [0.25, 0.3) is 0 Å². The molecule has 0 amide bonds. The van der Waals surface area contributed by atoms with Crippen molar-refractivity contribution in [2.75, 3.05) is 6.61 Å². The first-order chi connectivity index (χ1) is 7.18. The zero-order valence-electron chi connectivity index (χ0n) is 7.80. The monoisotopic (exact) mass is 210 g/mol. The van der Waals surface area contributed by atoms with E-state index in [1.165, 1.54) is 6.26 Å². The Kier molecular flexibility index (Phi) is 2.49. The lowest BCUT2D eigenvalue weighted by molar-refractivity contribution is 0.102. The van der Waals surface area contributed by atoms with Crippen LogP contribution in [0.15, 0.2) is 30.0 Å². The summed E-state index contributed by atoms with van der Waals surface area (Å²) in [5, 5.41) is 0. The van der Waals surface area contributed by atoms with E-state index >= 15 is 0 Å². The van der Waals surface area contributed by atoms with Crippen molar-refractivity contribution in [3.8, 4) is 0 Å². The van der Waals surface area contributed by atoms with Crippen LogP contribution in [0.5, 0.6) is 0 Å². The summed E-state index contributed by atoms with van der Waals surface area (Å²) in [6.45, 7) is 0.415. The van der Waals surface area contributed by atoms with E-state index in [-0.39, 0.29) is 5.56 Å². The number of ketones is 1. The van der Waals surface area contributed by atoms with Gasteiger partial charge in [-0.3, -0.25) is 4.79 Å². The van der Waals surface area contributed by atoms with Gasteiger partial charge in [-0.05, 0) is 18.2 Å². The first-order valence-corrected chi connectivity index (χ1v) is 4.49. The fraction of sp³-hybridized carbons (Fsp3) is 0.182. The van der Waals surface area contributed by atoms with Crippen molar-refractivity contribution in [3.05, 3.63) is 47.2 Å². The molecular weight excluding hydrogens is 202 g/mol. The quantitative estimate of drug-likeness (QED) is 0.701. The van der Waals surface area contributed by atoms with Crippen molar-refractivity contribution in [2.45, 2.75) is 6.42 Å². The highest BCUT2D eigenvalue weighted by Gasteiger charge is 2.20. The molecule has 1 aromatic rings. The van der Waals surface area contributed by atoms with Gasteiger partial charge in [0.15, 0.2) is 5.78 Å². The van der Waals surface area contributed by atoms with Gasteiger partial charge in [-0.25, -0.2) is 8.78 Å². The third-order valence-electron chi connectivity index (χ3n) is 2.18. The number of carbonyl (C=O) groups is 1. The second-order valence-corrected chi connectivity index (χ2v) is 3.22. The molecule has 0 N–H and O–H groups in total. The molecule has 2 rings (SSSR count). The summed E-state index contributed by atoms with van der Waals surface area (Å²) in [6, 6.07) is 2.82. The molecule has 1 heterocycles. The van der Waals surface area contributed by atoms with Crippen molar-refractivity contribution in [2.24, 2.45) is 0 Å². The zero-order valence-corrected chi connectivity index (χ0v) is 7.80. The summed E-state index contributed by atoms with van der Waals surface area (Å²) in [5.74, 6) is -1.85. The first kappa shape index (κ1) is 9.83. The predicted octanol–water partition coefficient (Wildman–Crippen LogP) is 2.45. The van der Waals surface area contributed by atoms with Gasteiger partial charge in [-0.1, -0.05) is 0 Å². The van der Waals surface area contributed by atoms with Crippen LogP contribution < -0.4 is 0 Å². The van der Waals surface area contributed by atoms with Crippen LogP contribution in [0.2, 0.25) is 0 Å². The maximum absolute atomic E-state index is 13.2. The molecule has 0 fully saturated rings. The number of carbonyl (C=O) groups excluding carboxylic acids is 1. The first-order valence-electron chi connectivity index (χ1n) is 4.49. The molecule has 1 aliphatic heterocycles. The van der Waals surface area contributed by atoms with E-state index in [1.54, 1.807) is 0 Å². The SMILES string of the molecule is O=C(C1=COCC1)c1cc(F)ccc1F. The molecule has 2 nitrogen and oxygen atoms in total. The number of rotatable bonds is 2. The number of hydrogen-bond donors (Lipinski definition) is 0. The Labute approximate surface area is 85.2 Å². The molecule has 0 atom stereocenters. The largest absolute Gasteiger partial charge is 0.500 e. The molecule has 78 valence electrons. The van der Waals surface area contributed by atoms with Crippen LogP contribution in [0.25, 0.3) is 0 Å². The third kappa shape index (κ3) is 1.88. The van der Waals surface area contributed by atoms with Crippen LogP contribution in [-0.2, 0) is 4.74 Å². The molecule has 0 saturated heterocycles. The lowest BCUT2D eigenvalue weighted by Gasteiger charge is -2.01. The fourth-order valence-corrected chi connectivity index (χ4v) is 1.40. The summed E-state index contributed by atoms with van der Waals surface area (Å²) in [5.41, 5.74) is 0.131.